The van der Waals surface area contributed by atoms with Gasteiger partial charge in [0.1, 0.15) is 5.82 Å². The first kappa shape index (κ1) is 12.8. The molecule has 0 fully saturated rings. The summed E-state index contributed by atoms with van der Waals surface area (Å²) >= 11 is 3.14. The van der Waals surface area contributed by atoms with Crippen LogP contribution in [0.1, 0.15) is 5.69 Å². The van der Waals surface area contributed by atoms with Crippen molar-refractivity contribution in [3.63, 3.8) is 0 Å². The summed E-state index contributed by atoms with van der Waals surface area (Å²) in [5.74, 6) is 0.301. The van der Waals surface area contributed by atoms with Gasteiger partial charge in [-0.15, -0.1) is 0 Å². The Morgan fingerprint density at radius 2 is 2.17 bits per heavy atom. The molecular weight excluding hydrogens is 299 g/mol. The molecular formula is C13H12BrFN2O. The quantitative estimate of drug-likeness (QED) is 0.937. The Labute approximate surface area is 113 Å². The summed E-state index contributed by atoms with van der Waals surface area (Å²) in [6, 6.07) is 10.3. The third-order valence-corrected chi connectivity index (χ3v) is 2.99. The summed E-state index contributed by atoms with van der Waals surface area (Å²) in [4.78, 5) is 4.28. The lowest BCUT2D eigenvalue weighted by Crippen LogP contribution is -2.02. The first-order chi connectivity index (χ1) is 8.69. The van der Waals surface area contributed by atoms with Crippen LogP contribution in [-0.2, 0) is 6.54 Å². The number of pyridine rings is 1. The standard InChI is InChI=1S/C13H12BrFN2O/c1-18-13-4-2-3-10(17-13)8-16-9-5-6-12(15)11(14)7-9/h2-7,16H,8H2,1H3. The van der Waals surface area contributed by atoms with E-state index in [1.54, 1.807) is 25.3 Å². The minimum atomic E-state index is -0.278. The maximum atomic E-state index is 13.1. The van der Waals surface area contributed by atoms with E-state index in [0.29, 0.717) is 16.9 Å². The monoisotopic (exact) mass is 310 g/mol. The molecule has 18 heavy (non-hydrogen) atoms. The van der Waals surface area contributed by atoms with Gasteiger partial charge in [-0.1, -0.05) is 6.07 Å². The number of anilines is 1. The van der Waals surface area contributed by atoms with Crippen molar-refractivity contribution in [1.29, 1.82) is 0 Å². The predicted molar refractivity (Wildman–Crippen MR) is 72.2 cm³/mol. The number of rotatable bonds is 4. The number of aromatic nitrogens is 1. The normalized spacial score (nSPS) is 10.2. The highest BCUT2D eigenvalue weighted by atomic mass is 79.9. The number of methoxy groups -OCH3 is 1. The number of ether oxygens (including phenoxy) is 1. The Bertz CT molecular complexity index is 548. The van der Waals surface area contributed by atoms with Gasteiger partial charge < -0.3 is 10.1 Å². The third-order valence-electron chi connectivity index (χ3n) is 2.38. The molecule has 94 valence electrons. The van der Waals surface area contributed by atoms with Crippen molar-refractivity contribution in [2.24, 2.45) is 0 Å². The molecule has 0 saturated carbocycles. The van der Waals surface area contributed by atoms with Crippen molar-refractivity contribution >= 4 is 21.6 Å². The summed E-state index contributed by atoms with van der Waals surface area (Å²) in [7, 11) is 1.58. The molecule has 2 aromatic rings. The molecule has 0 aliphatic carbocycles. The van der Waals surface area contributed by atoms with E-state index in [1.807, 2.05) is 12.1 Å². The lowest BCUT2D eigenvalue weighted by atomic mass is 10.3. The van der Waals surface area contributed by atoms with Gasteiger partial charge in [0.25, 0.3) is 0 Å². The Morgan fingerprint density at radius 1 is 1.33 bits per heavy atom. The zero-order valence-corrected chi connectivity index (χ0v) is 11.4. The molecule has 1 N–H and O–H groups in total. The predicted octanol–water partition coefficient (Wildman–Crippen LogP) is 3.60. The molecule has 5 heteroatoms. The molecule has 0 aliphatic heterocycles. The first-order valence-electron chi connectivity index (χ1n) is 5.38. The van der Waals surface area contributed by atoms with Gasteiger partial charge >= 0.3 is 0 Å². The molecule has 0 atom stereocenters. The number of halogens is 2. The molecule has 0 bridgehead atoms. The number of nitrogens with zero attached hydrogens (tertiary/aromatic N) is 1. The maximum absolute atomic E-state index is 13.1. The van der Waals surface area contributed by atoms with E-state index in [1.165, 1.54) is 6.07 Å². The number of hydrogen-bond acceptors (Lipinski definition) is 3. The second kappa shape index (κ2) is 5.82. The smallest absolute Gasteiger partial charge is 0.213 e. The summed E-state index contributed by atoms with van der Waals surface area (Å²) in [5.41, 5.74) is 1.68. The zero-order chi connectivity index (χ0) is 13.0. The summed E-state index contributed by atoms with van der Waals surface area (Å²) in [5, 5.41) is 3.17. The van der Waals surface area contributed by atoms with Gasteiger partial charge in [0.2, 0.25) is 5.88 Å². The lowest BCUT2D eigenvalue weighted by molar-refractivity contribution is 0.396. The highest BCUT2D eigenvalue weighted by Gasteiger charge is 2.01. The fraction of sp³-hybridized carbons (Fsp3) is 0.154. The fourth-order valence-corrected chi connectivity index (χ4v) is 1.85. The van der Waals surface area contributed by atoms with Crippen molar-refractivity contribution in [2.75, 3.05) is 12.4 Å². The van der Waals surface area contributed by atoms with E-state index in [2.05, 4.69) is 26.2 Å². The van der Waals surface area contributed by atoms with Crippen LogP contribution >= 0.6 is 15.9 Å². The Balaban J connectivity index is 2.04. The van der Waals surface area contributed by atoms with Crippen molar-refractivity contribution < 1.29 is 9.13 Å². The molecule has 1 heterocycles. The Morgan fingerprint density at radius 3 is 2.89 bits per heavy atom. The van der Waals surface area contributed by atoms with Crippen LogP contribution < -0.4 is 10.1 Å². The SMILES string of the molecule is COc1cccc(CNc2ccc(F)c(Br)c2)n1. The van der Waals surface area contributed by atoms with Crippen LogP contribution in [0.15, 0.2) is 40.9 Å². The summed E-state index contributed by atoms with van der Waals surface area (Å²) < 4.78 is 18.5. The van der Waals surface area contributed by atoms with Gasteiger partial charge in [-0.3, -0.25) is 0 Å². The van der Waals surface area contributed by atoms with E-state index in [-0.39, 0.29) is 5.82 Å². The molecule has 0 radical (unpaired) electrons. The van der Waals surface area contributed by atoms with Crippen molar-refractivity contribution in [3.05, 3.63) is 52.4 Å². The molecule has 0 amide bonds. The second-order valence-electron chi connectivity index (χ2n) is 3.65. The van der Waals surface area contributed by atoms with Gasteiger partial charge in [-0.05, 0) is 40.2 Å². The van der Waals surface area contributed by atoms with Crippen LogP contribution in [0.3, 0.4) is 0 Å². The lowest BCUT2D eigenvalue weighted by Gasteiger charge is -2.07. The van der Waals surface area contributed by atoms with Crippen LogP contribution in [-0.4, -0.2) is 12.1 Å². The van der Waals surface area contributed by atoms with Crippen LogP contribution in [0.2, 0.25) is 0 Å². The largest absolute Gasteiger partial charge is 0.481 e. The Kier molecular flexibility index (Phi) is 4.15. The third kappa shape index (κ3) is 3.20. The van der Waals surface area contributed by atoms with Crippen molar-refractivity contribution in [3.8, 4) is 5.88 Å². The summed E-state index contributed by atoms with van der Waals surface area (Å²) in [6.45, 7) is 0.551. The minimum absolute atomic E-state index is 0.278. The minimum Gasteiger partial charge on any atom is -0.481 e. The van der Waals surface area contributed by atoms with E-state index >= 15 is 0 Å². The topological polar surface area (TPSA) is 34.1 Å². The van der Waals surface area contributed by atoms with E-state index < -0.39 is 0 Å². The van der Waals surface area contributed by atoms with Gasteiger partial charge in [0.15, 0.2) is 0 Å². The van der Waals surface area contributed by atoms with Gasteiger partial charge in [-0.25, -0.2) is 9.37 Å². The molecule has 1 aromatic carbocycles. The van der Waals surface area contributed by atoms with Crippen LogP contribution in [0.5, 0.6) is 5.88 Å². The van der Waals surface area contributed by atoms with Crippen molar-refractivity contribution in [2.45, 2.75) is 6.54 Å². The van der Waals surface area contributed by atoms with E-state index in [9.17, 15) is 4.39 Å². The average Bonchev–Trinajstić information content (AvgIpc) is 2.40. The fourth-order valence-electron chi connectivity index (χ4n) is 1.47. The number of nitrogens with one attached hydrogen (secondary N) is 1. The highest BCUT2D eigenvalue weighted by Crippen LogP contribution is 2.20. The second-order valence-corrected chi connectivity index (χ2v) is 4.51. The zero-order valence-electron chi connectivity index (χ0n) is 9.78. The molecule has 0 aliphatic rings. The van der Waals surface area contributed by atoms with Crippen LogP contribution in [0.4, 0.5) is 10.1 Å². The van der Waals surface area contributed by atoms with E-state index in [0.717, 1.165) is 11.4 Å². The molecule has 0 saturated heterocycles. The van der Waals surface area contributed by atoms with E-state index in [4.69, 9.17) is 4.74 Å². The molecule has 0 unspecified atom stereocenters. The number of benzene rings is 1. The van der Waals surface area contributed by atoms with Crippen LogP contribution in [0.25, 0.3) is 0 Å². The highest BCUT2D eigenvalue weighted by molar-refractivity contribution is 9.10. The first-order valence-corrected chi connectivity index (χ1v) is 6.17. The van der Waals surface area contributed by atoms with Gasteiger partial charge in [-0.2, -0.15) is 0 Å². The molecule has 3 nitrogen and oxygen atoms in total. The average molecular weight is 311 g/mol. The Hall–Kier alpha value is -1.62. The number of hydrogen-bond donors (Lipinski definition) is 1. The van der Waals surface area contributed by atoms with Crippen molar-refractivity contribution in [1.82, 2.24) is 4.98 Å². The molecule has 2 rings (SSSR count). The van der Waals surface area contributed by atoms with Crippen LogP contribution in [0, 0.1) is 5.82 Å². The molecule has 1 aromatic heterocycles. The molecule has 0 spiro atoms. The van der Waals surface area contributed by atoms with Gasteiger partial charge in [0, 0.05) is 11.8 Å². The summed E-state index contributed by atoms with van der Waals surface area (Å²) in [6.07, 6.45) is 0. The maximum Gasteiger partial charge on any atom is 0.213 e. The van der Waals surface area contributed by atoms with Gasteiger partial charge in [0.05, 0.1) is 23.8 Å².